The fraction of sp³-hybridized carbons (Fsp3) is 0.467. The molecule has 22 heavy (non-hydrogen) atoms. The first-order chi connectivity index (χ1) is 10.6. The third kappa shape index (κ3) is 3.02. The third-order valence-corrected chi connectivity index (χ3v) is 5.09. The highest BCUT2D eigenvalue weighted by molar-refractivity contribution is 9.09. The number of nitrogens with zero attached hydrogens (tertiary/aromatic N) is 1. The van der Waals surface area contributed by atoms with Crippen molar-refractivity contribution in [2.45, 2.75) is 30.8 Å². The van der Waals surface area contributed by atoms with Crippen LogP contribution in [-0.4, -0.2) is 34.6 Å². The number of fused-ring (bicyclic) bond motifs is 1. The maximum atomic E-state index is 12.1. The minimum Gasteiger partial charge on any atom is -0.384 e. The average Bonchev–Trinajstić information content (AvgIpc) is 2.82. The van der Waals surface area contributed by atoms with Crippen molar-refractivity contribution in [3.05, 3.63) is 29.3 Å². The van der Waals surface area contributed by atoms with Gasteiger partial charge in [-0.25, -0.2) is 0 Å². The van der Waals surface area contributed by atoms with Crippen LogP contribution in [0.2, 0.25) is 0 Å². The number of nitrogens with one attached hydrogen (secondary N) is 2. The summed E-state index contributed by atoms with van der Waals surface area (Å²) in [5, 5.41) is 6.54. The number of halogens is 1. The fourth-order valence-corrected chi connectivity index (χ4v) is 3.73. The molecule has 2 aliphatic heterocycles. The third-order valence-electron chi connectivity index (χ3n) is 4.12. The van der Waals surface area contributed by atoms with Crippen LogP contribution in [-0.2, 0) is 16.1 Å². The number of anilines is 1. The molecule has 2 aliphatic rings. The largest absolute Gasteiger partial charge is 0.384 e. The first kappa shape index (κ1) is 15.8. The van der Waals surface area contributed by atoms with Gasteiger partial charge in [-0.1, -0.05) is 22.0 Å². The summed E-state index contributed by atoms with van der Waals surface area (Å²) in [5.74, 6) is -0.393. The Morgan fingerprint density at radius 3 is 2.95 bits per heavy atom. The number of rotatable bonds is 4. The van der Waals surface area contributed by atoms with E-state index in [9.17, 15) is 9.59 Å². The van der Waals surface area contributed by atoms with Gasteiger partial charge in [0.05, 0.1) is 11.4 Å². The SMILES string of the molecule is O=C1CCC(N2Cc3cc(NCCBr)ccc3C2S)C(=O)N1. The van der Waals surface area contributed by atoms with E-state index < -0.39 is 0 Å². The van der Waals surface area contributed by atoms with Crippen LogP contribution in [0.5, 0.6) is 0 Å². The lowest BCUT2D eigenvalue weighted by Crippen LogP contribution is -2.51. The Morgan fingerprint density at radius 1 is 1.41 bits per heavy atom. The predicted octanol–water partition coefficient (Wildman–Crippen LogP) is 2.04. The number of benzene rings is 1. The van der Waals surface area contributed by atoms with Gasteiger partial charge in [0, 0.05) is 30.5 Å². The fourth-order valence-electron chi connectivity index (χ4n) is 3.04. The number of thiol groups is 1. The van der Waals surface area contributed by atoms with E-state index in [-0.39, 0.29) is 23.2 Å². The van der Waals surface area contributed by atoms with E-state index >= 15 is 0 Å². The molecule has 3 rings (SSSR count). The molecule has 0 spiro atoms. The van der Waals surface area contributed by atoms with Gasteiger partial charge in [0.15, 0.2) is 0 Å². The van der Waals surface area contributed by atoms with Gasteiger partial charge in [0.1, 0.15) is 0 Å². The van der Waals surface area contributed by atoms with E-state index in [1.807, 2.05) is 6.07 Å². The number of hydrogen-bond acceptors (Lipinski definition) is 5. The molecule has 2 heterocycles. The molecular weight excluding hydrogens is 366 g/mol. The van der Waals surface area contributed by atoms with Gasteiger partial charge in [-0.15, -0.1) is 0 Å². The first-order valence-electron chi connectivity index (χ1n) is 7.30. The predicted molar refractivity (Wildman–Crippen MR) is 92.2 cm³/mol. The summed E-state index contributed by atoms with van der Waals surface area (Å²) in [4.78, 5) is 25.4. The highest BCUT2D eigenvalue weighted by Gasteiger charge is 2.38. The molecule has 2 unspecified atom stereocenters. The second kappa shape index (κ2) is 6.60. The smallest absolute Gasteiger partial charge is 0.243 e. The van der Waals surface area contributed by atoms with Gasteiger partial charge in [-0.2, -0.15) is 12.6 Å². The quantitative estimate of drug-likeness (QED) is 0.423. The molecule has 0 aromatic heterocycles. The van der Waals surface area contributed by atoms with E-state index in [4.69, 9.17) is 0 Å². The summed E-state index contributed by atoms with van der Waals surface area (Å²) in [6.07, 6.45) is 0.951. The van der Waals surface area contributed by atoms with Crippen LogP contribution in [0.25, 0.3) is 0 Å². The van der Waals surface area contributed by atoms with Gasteiger partial charge in [-0.05, 0) is 29.7 Å². The lowest BCUT2D eigenvalue weighted by Gasteiger charge is -2.32. The van der Waals surface area contributed by atoms with Gasteiger partial charge < -0.3 is 5.32 Å². The molecule has 2 atom stereocenters. The van der Waals surface area contributed by atoms with Crippen molar-refractivity contribution in [2.75, 3.05) is 17.2 Å². The number of imide groups is 1. The van der Waals surface area contributed by atoms with Crippen LogP contribution in [0.4, 0.5) is 5.69 Å². The maximum Gasteiger partial charge on any atom is 0.243 e. The molecule has 0 bridgehead atoms. The molecule has 0 radical (unpaired) electrons. The zero-order valence-electron chi connectivity index (χ0n) is 12.0. The van der Waals surface area contributed by atoms with Gasteiger partial charge >= 0.3 is 0 Å². The Labute approximate surface area is 143 Å². The number of carbonyl (C=O) groups is 2. The van der Waals surface area contributed by atoms with Crippen LogP contribution in [0.1, 0.15) is 29.3 Å². The van der Waals surface area contributed by atoms with E-state index in [0.29, 0.717) is 19.4 Å². The number of piperidine rings is 1. The second-order valence-corrected chi connectivity index (χ2v) is 6.82. The summed E-state index contributed by atoms with van der Waals surface area (Å²) in [6.45, 7) is 1.54. The highest BCUT2D eigenvalue weighted by atomic mass is 79.9. The second-order valence-electron chi connectivity index (χ2n) is 5.54. The van der Waals surface area contributed by atoms with E-state index in [1.165, 1.54) is 5.56 Å². The van der Waals surface area contributed by atoms with Gasteiger partial charge in [0.2, 0.25) is 11.8 Å². The standard InChI is InChI=1S/C15H18BrN3O2S/c16-5-6-17-10-1-2-11-9(7-10)8-19(15(11)22)12-3-4-13(20)18-14(12)21/h1-2,7,12,15,17,22H,3-6,8H2,(H,18,20,21). The highest BCUT2D eigenvalue weighted by Crippen LogP contribution is 2.40. The van der Waals surface area contributed by atoms with Gasteiger partial charge in [-0.3, -0.25) is 19.8 Å². The van der Waals surface area contributed by atoms with Crippen molar-refractivity contribution in [2.24, 2.45) is 0 Å². The van der Waals surface area contributed by atoms with Crippen LogP contribution in [0.15, 0.2) is 18.2 Å². The Bertz CT molecular complexity index is 610. The number of amides is 2. The normalized spacial score (nSPS) is 25.0. The zero-order chi connectivity index (χ0) is 15.7. The Hall–Kier alpha value is -1.05. The Morgan fingerprint density at radius 2 is 2.23 bits per heavy atom. The van der Waals surface area contributed by atoms with Crippen molar-refractivity contribution in [3.8, 4) is 0 Å². The average molecular weight is 384 g/mol. The van der Waals surface area contributed by atoms with Crippen LogP contribution in [0, 0.1) is 0 Å². The van der Waals surface area contributed by atoms with Crippen molar-refractivity contribution >= 4 is 46.1 Å². The van der Waals surface area contributed by atoms with Crippen molar-refractivity contribution < 1.29 is 9.59 Å². The minimum absolute atomic E-state index is 0.107. The number of carbonyl (C=O) groups excluding carboxylic acids is 2. The lowest BCUT2D eigenvalue weighted by molar-refractivity contribution is -0.137. The molecule has 0 saturated carbocycles. The molecular formula is C15H18BrN3O2S. The van der Waals surface area contributed by atoms with Crippen molar-refractivity contribution in [1.82, 2.24) is 10.2 Å². The molecule has 118 valence electrons. The molecule has 0 aliphatic carbocycles. The van der Waals surface area contributed by atoms with Crippen LogP contribution in [0.3, 0.4) is 0 Å². The molecule has 5 nitrogen and oxygen atoms in total. The van der Waals surface area contributed by atoms with E-state index in [0.717, 1.165) is 23.1 Å². The molecule has 1 aromatic carbocycles. The van der Waals surface area contributed by atoms with E-state index in [1.54, 1.807) is 0 Å². The molecule has 1 saturated heterocycles. The first-order valence-corrected chi connectivity index (χ1v) is 8.94. The van der Waals surface area contributed by atoms with Crippen LogP contribution < -0.4 is 10.6 Å². The topological polar surface area (TPSA) is 61.4 Å². The summed E-state index contributed by atoms with van der Waals surface area (Å²) < 4.78 is 0. The van der Waals surface area contributed by atoms with Crippen molar-refractivity contribution in [3.63, 3.8) is 0 Å². The molecule has 2 amide bonds. The summed E-state index contributed by atoms with van der Waals surface area (Å²) in [6, 6.07) is 5.94. The maximum absolute atomic E-state index is 12.1. The molecule has 2 N–H and O–H groups in total. The van der Waals surface area contributed by atoms with Crippen LogP contribution >= 0.6 is 28.6 Å². The minimum atomic E-state index is -0.286. The monoisotopic (exact) mass is 383 g/mol. The molecule has 1 fully saturated rings. The molecule has 1 aromatic rings. The lowest BCUT2D eigenvalue weighted by atomic mass is 10.0. The summed E-state index contributed by atoms with van der Waals surface area (Å²) in [7, 11) is 0. The number of alkyl halides is 1. The van der Waals surface area contributed by atoms with Crippen molar-refractivity contribution in [1.29, 1.82) is 0 Å². The zero-order valence-corrected chi connectivity index (χ0v) is 14.5. The Balaban J connectivity index is 1.77. The van der Waals surface area contributed by atoms with E-state index in [2.05, 4.69) is 56.2 Å². The van der Waals surface area contributed by atoms with Gasteiger partial charge in [0.25, 0.3) is 0 Å². The molecule has 7 heteroatoms. The number of hydrogen-bond donors (Lipinski definition) is 3. The summed E-state index contributed by atoms with van der Waals surface area (Å²) in [5.41, 5.74) is 3.39. The summed E-state index contributed by atoms with van der Waals surface area (Å²) >= 11 is 8.07. The Kier molecular flexibility index (Phi) is 4.75.